The number of hydrogen-bond donors (Lipinski definition) is 3. The summed E-state index contributed by atoms with van der Waals surface area (Å²) in [7, 11) is 0. The van der Waals surface area contributed by atoms with Crippen LogP contribution in [0.25, 0.3) is 11.1 Å². The van der Waals surface area contributed by atoms with Crippen molar-refractivity contribution >= 4 is 40.7 Å². The SMILES string of the molecule is CC(C)(C)OC(=O)N[C@H](CF)[C@H]1CC[C@H](C(=O)N2CC[C@@H](C3CCCCC3)[C@H]2C(=O)Nc2cnc3oc(C(=O)O)cc3c2)CC1. The third kappa shape index (κ3) is 7.76. The predicted molar refractivity (Wildman–Crippen MR) is 164 cm³/mol. The van der Waals surface area contributed by atoms with Gasteiger partial charge in [-0.3, -0.25) is 9.59 Å². The zero-order chi connectivity index (χ0) is 32.3. The maximum Gasteiger partial charge on any atom is 0.407 e. The molecule has 2 aromatic rings. The van der Waals surface area contributed by atoms with Gasteiger partial charge in [0.25, 0.3) is 0 Å². The first-order valence-electron chi connectivity index (χ1n) is 16.2. The molecular weight excluding hydrogens is 583 g/mol. The van der Waals surface area contributed by atoms with Crippen LogP contribution in [0.15, 0.2) is 22.7 Å². The molecule has 11 nitrogen and oxygen atoms in total. The van der Waals surface area contributed by atoms with Crippen molar-refractivity contribution in [3.05, 3.63) is 24.1 Å². The summed E-state index contributed by atoms with van der Waals surface area (Å²) >= 11 is 0. The molecule has 12 heteroatoms. The van der Waals surface area contributed by atoms with Crippen molar-refractivity contribution in [1.82, 2.24) is 15.2 Å². The summed E-state index contributed by atoms with van der Waals surface area (Å²) in [5.41, 5.74) is -0.118. The van der Waals surface area contributed by atoms with Gasteiger partial charge >= 0.3 is 12.1 Å². The monoisotopic (exact) mass is 628 g/mol. The molecule has 0 spiro atoms. The van der Waals surface area contributed by atoms with Gasteiger partial charge in [0.05, 0.1) is 17.9 Å². The third-order valence-corrected chi connectivity index (χ3v) is 9.66. The number of alkyl halides is 1. The Hall–Kier alpha value is -3.70. The number of amides is 3. The Morgan fingerprint density at radius 2 is 1.78 bits per heavy atom. The first-order chi connectivity index (χ1) is 21.4. The van der Waals surface area contributed by atoms with Crippen molar-refractivity contribution in [2.24, 2.45) is 23.7 Å². The predicted octanol–water partition coefficient (Wildman–Crippen LogP) is 5.93. The van der Waals surface area contributed by atoms with Crippen LogP contribution in [0, 0.1) is 23.7 Å². The van der Waals surface area contributed by atoms with E-state index in [1.54, 1.807) is 31.7 Å². The standard InChI is InChI=1S/C33H45FN4O7/c1-33(2,3)45-32(43)37-25(17-34)20-9-11-21(12-10-20)30(40)38-14-13-24(19-7-5-4-6-8-19)27(38)28(39)36-23-15-22-16-26(31(41)42)44-29(22)35-18-23/h15-16,18-21,24-25,27H,4-14,17H2,1-3H3,(H,36,39)(H,37,43)(H,41,42)/t20-,21-,24-,25+,27-/m0/s1. The number of pyridine rings is 1. The lowest BCUT2D eigenvalue weighted by Gasteiger charge is -2.37. The number of alkyl carbamates (subject to hydrolysis) is 1. The van der Waals surface area contributed by atoms with Gasteiger partial charge in [-0.05, 0) is 76.7 Å². The Bertz CT molecular complexity index is 1390. The van der Waals surface area contributed by atoms with Crippen molar-refractivity contribution in [3.8, 4) is 0 Å². The highest BCUT2D eigenvalue weighted by Crippen LogP contribution is 2.41. The van der Waals surface area contributed by atoms with Gasteiger partial charge in [-0.15, -0.1) is 0 Å². The van der Waals surface area contributed by atoms with Gasteiger partial charge in [-0.1, -0.05) is 32.1 Å². The van der Waals surface area contributed by atoms with Crippen LogP contribution in [0.1, 0.15) is 95.5 Å². The zero-order valence-corrected chi connectivity index (χ0v) is 26.4. The van der Waals surface area contributed by atoms with Crippen molar-refractivity contribution < 1.29 is 37.8 Å². The molecule has 1 aliphatic heterocycles. The second kappa shape index (κ2) is 13.7. The zero-order valence-electron chi connectivity index (χ0n) is 26.4. The molecule has 0 bridgehead atoms. The number of halogens is 1. The minimum Gasteiger partial charge on any atom is -0.475 e. The summed E-state index contributed by atoms with van der Waals surface area (Å²) in [6.07, 6.45) is 9.34. The van der Waals surface area contributed by atoms with E-state index in [9.17, 15) is 28.7 Å². The molecule has 3 atom stereocenters. The molecule has 3 aliphatic rings. The van der Waals surface area contributed by atoms with E-state index in [4.69, 9.17) is 9.15 Å². The Kier molecular flexibility index (Phi) is 9.98. The molecule has 5 rings (SSSR count). The number of likely N-dealkylation sites (tertiary alicyclic amines) is 1. The fourth-order valence-electron chi connectivity index (χ4n) is 7.52. The summed E-state index contributed by atoms with van der Waals surface area (Å²) in [5.74, 6) is -1.73. The second-order valence-electron chi connectivity index (χ2n) is 13.9. The van der Waals surface area contributed by atoms with E-state index in [-0.39, 0.29) is 41.0 Å². The maximum absolute atomic E-state index is 14.0. The minimum absolute atomic E-state index is 0.0432. The average molecular weight is 629 g/mol. The number of carbonyl (C=O) groups is 4. The van der Waals surface area contributed by atoms with Gasteiger partial charge in [-0.2, -0.15) is 0 Å². The molecule has 0 unspecified atom stereocenters. The number of rotatable bonds is 8. The second-order valence-corrected chi connectivity index (χ2v) is 13.9. The number of carboxylic acids is 1. The van der Waals surface area contributed by atoms with Crippen LogP contribution in [0.2, 0.25) is 0 Å². The molecule has 3 N–H and O–H groups in total. The molecule has 0 radical (unpaired) electrons. The number of hydrogen-bond acceptors (Lipinski definition) is 7. The smallest absolute Gasteiger partial charge is 0.407 e. The van der Waals surface area contributed by atoms with E-state index >= 15 is 0 Å². The summed E-state index contributed by atoms with van der Waals surface area (Å²) in [5, 5.41) is 15.3. The van der Waals surface area contributed by atoms with Gasteiger partial charge in [0.2, 0.25) is 23.3 Å². The third-order valence-electron chi connectivity index (χ3n) is 9.66. The number of carboxylic acid groups (broad SMARTS) is 1. The first kappa shape index (κ1) is 32.7. The number of carbonyl (C=O) groups excluding carboxylic acids is 3. The van der Waals surface area contributed by atoms with E-state index < -0.39 is 36.4 Å². The Balaban J connectivity index is 1.27. The number of nitrogens with zero attached hydrogens (tertiary/aromatic N) is 2. The quantitative estimate of drug-likeness (QED) is 0.325. The number of aromatic carboxylic acids is 1. The van der Waals surface area contributed by atoms with Crippen molar-refractivity contribution in [2.75, 3.05) is 18.5 Å². The summed E-state index contributed by atoms with van der Waals surface area (Å²) in [6, 6.07) is 1.69. The van der Waals surface area contributed by atoms with E-state index in [0.29, 0.717) is 49.2 Å². The van der Waals surface area contributed by atoms with Crippen LogP contribution in [-0.4, -0.2) is 69.8 Å². The number of fused-ring (bicyclic) bond motifs is 1. The molecular formula is C33H45FN4O7. The Morgan fingerprint density at radius 1 is 1.07 bits per heavy atom. The number of nitrogens with one attached hydrogen (secondary N) is 2. The van der Waals surface area contributed by atoms with Gasteiger partial charge in [0.1, 0.15) is 18.3 Å². The minimum atomic E-state index is -1.21. The van der Waals surface area contributed by atoms with E-state index in [2.05, 4.69) is 15.6 Å². The molecule has 45 heavy (non-hydrogen) atoms. The van der Waals surface area contributed by atoms with Crippen molar-refractivity contribution in [2.45, 2.75) is 103 Å². The number of anilines is 1. The molecule has 3 amide bonds. The topological polar surface area (TPSA) is 151 Å². The molecule has 3 heterocycles. The van der Waals surface area contributed by atoms with E-state index in [1.807, 2.05) is 0 Å². The van der Waals surface area contributed by atoms with Gasteiger partial charge < -0.3 is 29.8 Å². The largest absolute Gasteiger partial charge is 0.475 e. The van der Waals surface area contributed by atoms with Crippen LogP contribution in [0.3, 0.4) is 0 Å². The van der Waals surface area contributed by atoms with Crippen LogP contribution in [0.5, 0.6) is 0 Å². The molecule has 246 valence electrons. The molecule has 2 aromatic heterocycles. The number of ether oxygens (including phenoxy) is 1. The number of aromatic nitrogens is 1. The highest BCUT2D eigenvalue weighted by Gasteiger charge is 2.47. The summed E-state index contributed by atoms with van der Waals surface area (Å²) in [6.45, 7) is 5.06. The highest BCUT2D eigenvalue weighted by molar-refractivity contribution is 5.99. The van der Waals surface area contributed by atoms with Gasteiger partial charge in [-0.25, -0.2) is 19.0 Å². The molecule has 2 saturated carbocycles. The highest BCUT2D eigenvalue weighted by atomic mass is 19.1. The Labute approximate surface area is 262 Å². The van der Waals surface area contributed by atoms with Crippen LogP contribution < -0.4 is 10.6 Å². The lowest BCUT2D eigenvalue weighted by molar-refractivity contribution is -0.142. The molecule has 1 saturated heterocycles. The average Bonchev–Trinajstić information content (AvgIpc) is 3.64. The normalized spacial score (nSPS) is 25.1. The van der Waals surface area contributed by atoms with E-state index in [0.717, 1.165) is 32.1 Å². The van der Waals surface area contributed by atoms with Crippen LogP contribution in [-0.2, 0) is 14.3 Å². The van der Waals surface area contributed by atoms with Crippen molar-refractivity contribution in [3.63, 3.8) is 0 Å². The lowest BCUT2D eigenvalue weighted by atomic mass is 9.76. The van der Waals surface area contributed by atoms with Crippen LogP contribution >= 0.6 is 0 Å². The van der Waals surface area contributed by atoms with Crippen molar-refractivity contribution in [1.29, 1.82) is 0 Å². The first-order valence-corrected chi connectivity index (χ1v) is 16.2. The molecule has 3 fully saturated rings. The molecule has 0 aromatic carbocycles. The van der Waals surface area contributed by atoms with E-state index in [1.165, 1.54) is 18.7 Å². The summed E-state index contributed by atoms with van der Waals surface area (Å²) in [4.78, 5) is 57.5. The molecule has 2 aliphatic carbocycles. The van der Waals surface area contributed by atoms with Crippen LogP contribution in [0.4, 0.5) is 14.9 Å². The fraction of sp³-hybridized carbons (Fsp3) is 0.667. The summed E-state index contributed by atoms with van der Waals surface area (Å²) < 4.78 is 24.5. The lowest BCUT2D eigenvalue weighted by Crippen LogP contribution is -2.50. The van der Waals surface area contributed by atoms with Gasteiger partial charge in [0.15, 0.2) is 0 Å². The fourth-order valence-corrected chi connectivity index (χ4v) is 7.52. The number of furan rings is 1. The Morgan fingerprint density at radius 3 is 2.42 bits per heavy atom. The van der Waals surface area contributed by atoms with Gasteiger partial charge in [0, 0.05) is 23.9 Å². The maximum atomic E-state index is 14.0.